The Hall–Kier alpha value is -0.180. The molecule has 2 nitrogen and oxygen atoms in total. The van der Waals surface area contributed by atoms with Crippen LogP contribution >= 0.6 is 11.8 Å². The van der Waals surface area contributed by atoms with Crippen LogP contribution in [0.2, 0.25) is 0 Å². The van der Waals surface area contributed by atoms with E-state index in [1.165, 1.54) is 30.9 Å². The number of nitrogens with zero attached hydrogens (tertiary/aromatic N) is 1. The molecule has 3 heteroatoms. The highest BCUT2D eigenvalue weighted by molar-refractivity contribution is 8.14. The van der Waals surface area contributed by atoms with E-state index in [0.717, 1.165) is 18.3 Å². The third-order valence-corrected chi connectivity index (χ3v) is 4.25. The summed E-state index contributed by atoms with van der Waals surface area (Å²) in [5.74, 6) is 0. The van der Waals surface area contributed by atoms with Crippen LogP contribution in [0.1, 0.15) is 39.5 Å². The van der Waals surface area contributed by atoms with Gasteiger partial charge in [0.25, 0.3) is 0 Å². The second-order valence-corrected chi connectivity index (χ2v) is 6.45. The fourth-order valence-electron chi connectivity index (χ4n) is 1.96. The van der Waals surface area contributed by atoms with Crippen molar-refractivity contribution in [3.63, 3.8) is 0 Å². The number of aliphatic imine (C=N–C) groups is 1. The van der Waals surface area contributed by atoms with E-state index in [0.29, 0.717) is 5.41 Å². The first kappa shape index (κ1) is 10.3. The molecule has 0 aromatic carbocycles. The van der Waals surface area contributed by atoms with Gasteiger partial charge in [-0.05, 0) is 12.8 Å². The minimum absolute atomic E-state index is 0.347. The largest absolute Gasteiger partial charge is 0.364 e. The fraction of sp³-hybridized carbons (Fsp3) is 0.909. The van der Waals surface area contributed by atoms with E-state index in [1.54, 1.807) is 0 Å². The highest BCUT2D eigenvalue weighted by Gasteiger charge is 2.25. The summed E-state index contributed by atoms with van der Waals surface area (Å²) < 4.78 is 0. The lowest BCUT2D eigenvalue weighted by atomic mass is 9.93. The van der Waals surface area contributed by atoms with Crippen LogP contribution in [-0.2, 0) is 0 Å². The molecule has 0 amide bonds. The summed E-state index contributed by atoms with van der Waals surface area (Å²) in [6, 6.07) is 0. The molecule has 1 aliphatic heterocycles. The molecule has 0 spiro atoms. The number of amidine groups is 1. The lowest BCUT2D eigenvalue weighted by Gasteiger charge is -2.29. The quantitative estimate of drug-likeness (QED) is 0.722. The second kappa shape index (κ2) is 4.13. The minimum atomic E-state index is 0.347. The van der Waals surface area contributed by atoms with E-state index in [1.807, 2.05) is 11.8 Å². The topological polar surface area (TPSA) is 24.4 Å². The molecule has 0 bridgehead atoms. The molecule has 2 rings (SSSR count). The molecule has 1 saturated carbocycles. The van der Waals surface area contributed by atoms with Crippen LogP contribution in [0.5, 0.6) is 0 Å². The molecule has 2 aliphatic rings. The summed E-state index contributed by atoms with van der Waals surface area (Å²) >= 11 is 1.97. The van der Waals surface area contributed by atoms with Crippen LogP contribution in [0.3, 0.4) is 0 Å². The van der Waals surface area contributed by atoms with Crippen molar-refractivity contribution in [1.29, 1.82) is 0 Å². The molecule has 80 valence electrons. The Kier molecular flexibility index (Phi) is 3.05. The van der Waals surface area contributed by atoms with Gasteiger partial charge in [0, 0.05) is 23.8 Å². The average Bonchev–Trinajstić information content (AvgIpc) is 2.61. The Morgan fingerprint density at radius 2 is 2.07 bits per heavy atom. The van der Waals surface area contributed by atoms with Crippen LogP contribution in [0.4, 0.5) is 0 Å². The Morgan fingerprint density at radius 3 is 2.64 bits per heavy atom. The molecule has 1 aliphatic carbocycles. The molecule has 0 unspecified atom stereocenters. The van der Waals surface area contributed by atoms with Gasteiger partial charge in [-0.15, -0.1) is 0 Å². The van der Waals surface area contributed by atoms with Crippen molar-refractivity contribution in [2.75, 3.05) is 13.1 Å². The highest BCUT2D eigenvalue weighted by Crippen LogP contribution is 2.31. The molecule has 1 heterocycles. The van der Waals surface area contributed by atoms with Gasteiger partial charge in [0.05, 0.1) is 0 Å². The van der Waals surface area contributed by atoms with Crippen LogP contribution in [0, 0.1) is 5.41 Å². The fourth-order valence-corrected chi connectivity index (χ4v) is 3.13. The van der Waals surface area contributed by atoms with Crippen LogP contribution in [0.15, 0.2) is 4.99 Å². The SMILES string of the molecule is CC1(C)CN=C(SC2CCCC2)NC1. The number of thioether (sulfide) groups is 1. The van der Waals surface area contributed by atoms with Crippen molar-refractivity contribution in [3.05, 3.63) is 0 Å². The molecule has 1 N–H and O–H groups in total. The summed E-state index contributed by atoms with van der Waals surface area (Å²) in [6.07, 6.45) is 5.59. The van der Waals surface area contributed by atoms with Crippen molar-refractivity contribution in [3.8, 4) is 0 Å². The molecule has 0 atom stereocenters. The maximum absolute atomic E-state index is 4.61. The third-order valence-electron chi connectivity index (χ3n) is 2.95. The van der Waals surface area contributed by atoms with Crippen molar-refractivity contribution < 1.29 is 0 Å². The molecule has 0 aromatic rings. The maximum atomic E-state index is 4.61. The van der Waals surface area contributed by atoms with Gasteiger partial charge in [-0.3, -0.25) is 4.99 Å². The monoisotopic (exact) mass is 212 g/mol. The van der Waals surface area contributed by atoms with Gasteiger partial charge < -0.3 is 5.32 Å². The molecule has 14 heavy (non-hydrogen) atoms. The van der Waals surface area contributed by atoms with E-state index in [9.17, 15) is 0 Å². The maximum Gasteiger partial charge on any atom is 0.156 e. The number of nitrogens with one attached hydrogen (secondary N) is 1. The lowest BCUT2D eigenvalue weighted by Crippen LogP contribution is -2.40. The molecule has 0 radical (unpaired) electrons. The van der Waals surface area contributed by atoms with Crippen molar-refractivity contribution >= 4 is 16.9 Å². The number of hydrogen-bond donors (Lipinski definition) is 1. The predicted octanol–water partition coefficient (Wildman–Crippen LogP) is 2.65. The molecular formula is C11H20N2S. The zero-order valence-corrected chi connectivity index (χ0v) is 9.99. The zero-order valence-electron chi connectivity index (χ0n) is 9.18. The van der Waals surface area contributed by atoms with E-state index >= 15 is 0 Å². The van der Waals surface area contributed by atoms with E-state index in [4.69, 9.17) is 0 Å². The van der Waals surface area contributed by atoms with Gasteiger partial charge in [-0.1, -0.05) is 38.5 Å². The van der Waals surface area contributed by atoms with Crippen LogP contribution in [-0.4, -0.2) is 23.5 Å². The van der Waals surface area contributed by atoms with Gasteiger partial charge >= 0.3 is 0 Å². The molecular weight excluding hydrogens is 192 g/mol. The molecule has 1 fully saturated rings. The second-order valence-electron chi connectivity index (χ2n) is 5.16. The number of rotatable bonds is 1. The normalized spacial score (nSPS) is 27.1. The van der Waals surface area contributed by atoms with Gasteiger partial charge in [-0.2, -0.15) is 0 Å². The summed E-state index contributed by atoms with van der Waals surface area (Å²) in [5, 5.41) is 5.48. The minimum Gasteiger partial charge on any atom is -0.364 e. The van der Waals surface area contributed by atoms with E-state index < -0.39 is 0 Å². The third kappa shape index (κ3) is 2.66. The number of hydrogen-bond acceptors (Lipinski definition) is 3. The Bertz CT molecular complexity index is 229. The Labute approximate surface area is 90.9 Å². The van der Waals surface area contributed by atoms with Crippen molar-refractivity contribution in [1.82, 2.24) is 5.32 Å². The van der Waals surface area contributed by atoms with Gasteiger partial charge in [0.1, 0.15) is 0 Å². The summed E-state index contributed by atoms with van der Waals surface area (Å²) in [6.45, 7) is 6.58. The summed E-state index contributed by atoms with van der Waals surface area (Å²) in [5.41, 5.74) is 0.347. The lowest BCUT2D eigenvalue weighted by molar-refractivity contribution is 0.364. The zero-order chi connectivity index (χ0) is 10.0. The first-order valence-corrected chi connectivity index (χ1v) is 6.49. The summed E-state index contributed by atoms with van der Waals surface area (Å²) in [4.78, 5) is 4.61. The Balaban J connectivity index is 1.84. The van der Waals surface area contributed by atoms with Gasteiger partial charge in [-0.25, -0.2) is 0 Å². The van der Waals surface area contributed by atoms with E-state index in [2.05, 4.69) is 24.2 Å². The van der Waals surface area contributed by atoms with Gasteiger partial charge in [0.15, 0.2) is 5.17 Å². The predicted molar refractivity (Wildman–Crippen MR) is 63.9 cm³/mol. The first-order chi connectivity index (χ1) is 6.66. The van der Waals surface area contributed by atoms with Crippen LogP contribution < -0.4 is 5.32 Å². The van der Waals surface area contributed by atoms with Crippen molar-refractivity contribution in [2.24, 2.45) is 10.4 Å². The highest BCUT2D eigenvalue weighted by atomic mass is 32.2. The van der Waals surface area contributed by atoms with Gasteiger partial charge in [0.2, 0.25) is 0 Å². The van der Waals surface area contributed by atoms with Crippen molar-refractivity contribution in [2.45, 2.75) is 44.8 Å². The Morgan fingerprint density at radius 1 is 1.36 bits per heavy atom. The molecule has 0 saturated heterocycles. The molecule has 0 aromatic heterocycles. The van der Waals surface area contributed by atoms with E-state index in [-0.39, 0.29) is 0 Å². The van der Waals surface area contributed by atoms with Crippen LogP contribution in [0.25, 0.3) is 0 Å². The standard InChI is InChI=1S/C11H20N2S/c1-11(2)7-12-10(13-8-11)14-9-5-3-4-6-9/h9H,3-8H2,1-2H3,(H,12,13). The average molecular weight is 212 g/mol. The smallest absolute Gasteiger partial charge is 0.156 e. The first-order valence-electron chi connectivity index (χ1n) is 5.61. The summed E-state index contributed by atoms with van der Waals surface area (Å²) in [7, 11) is 0.